The Balaban J connectivity index is 3.70. The Kier molecular flexibility index (Phi) is 2.70. The lowest BCUT2D eigenvalue weighted by Crippen LogP contribution is -2.35. The summed E-state index contributed by atoms with van der Waals surface area (Å²) in [5.41, 5.74) is -2.56. The molecule has 1 rings (SSSR count). The van der Waals surface area contributed by atoms with Crippen molar-refractivity contribution in [2.24, 2.45) is 0 Å². The van der Waals surface area contributed by atoms with Gasteiger partial charge >= 0.3 is 16.9 Å². The van der Waals surface area contributed by atoms with Crippen LogP contribution in [-0.4, -0.2) is 14.5 Å². The molecule has 0 spiro atoms. The first-order valence-corrected chi connectivity index (χ1v) is 4.03. The molecule has 1 aromatic rings. The number of rotatable bonds is 2. The molecule has 7 nitrogen and oxygen atoms in total. The maximum absolute atomic E-state index is 11.3. The normalized spacial score (nSPS) is 10.1. The van der Waals surface area contributed by atoms with Crippen molar-refractivity contribution in [1.82, 2.24) is 9.55 Å². The third-order valence-electron chi connectivity index (χ3n) is 1.62. The standard InChI is InChI=1S/C6H6ClN3O4/c1-2-9-5(11)3(10(13)14)4(7)8-6(9)12/h2H2,1H3,(H,8,12). The SMILES string of the molecule is CCn1c(=O)[nH]c(Cl)c([N+](=O)[O-])c1=O. The van der Waals surface area contributed by atoms with E-state index in [1.807, 2.05) is 4.98 Å². The van der Waals surface area contributed by atoms with Crippen molar-refractivity contribution >= 4 is 17.3 Å². The second kappa shape index (κ2) is 3.62. The third-order valence-corrected chi connectivity index (χ3v) is 1.89. The van der Waals surface area contributed by atoms with E-state index >= 15 is 0 Å². The van der Waals surface area contributed by atoms with Crippen molar-refractivity contribution in [3.63, 3.8) is 0 Å². The highest BCUT2D eigenvalue weighted by atomic mass is 35.5. The van der Waals surface area contributed by atoms with Gasteiger partial charge in [0.15, 0.2) is 5.15 Å². The van der Waals surface area contributed by atoms with Gasteiger partial charge in [0, 0.05) is 6.54 Å². The molecule has 0 radical (unpaired) electrons. The molecule has 0 saturated carbocycles. The van der Waals surface area contributed by atoms with E-state index in [0.29, 0.717) is 4.57 Å². The number of aromatic amines is 1. The molecule has 0 saturated heterocycles. The second-order valence-electron chi connectivity index (χ2n) is 2.40. The maximum Gasteiger partial charge on any atom is 0.369 e. The van der Waals surface area contributed by atoms with E-state index in [1.165, 1.54) is 6.92 Å². The molecule has 8 heteroatoms. The van der Waals surface area contributed by atoms with Crippen LogP contribution in [0.3, 0.4) is 0 Å². The van der Waals surface area contributed by atoms with Crippen LogP contribution in [0.2, 0.25) is 5.15 Å². The van der Waals surface area contributed by atoms with E-state index in [1.54, 1.807) is 0 Å². The highest BCUT2D eigenvalue weighted by Crippen LogP contribution is 2.13. The number of nitro groups is 1. The summed E-state index contributed by atoms with van der Waals surface area (Å²) in [5.74, 6) is 0. The molecule has 0 unspecified atom stereocenters. The van der Waals surface area contributed by atoms with Crippen molar-refractivity contribution in [3.05, 3.63) is 36.1 Å². The van der Waals surface area contributed by atoms with Crippen LogP contribution in [0.25, 0.3) is 0 Å². The zero-order valence-corrected chi connectivity index (χ0v) is 7.87. The Bertz CT molecular complexity index is 489. The quantitative estimate of drug-likeness (QED) is 0.434. The molecule has 0 bridgehead atoms. The number of hydrogen-bond acceptors (Lipinski definition) is 4. The van der Waals surface area contributed by atoms with Gasteiger partial charge in [-0.3, -0.25) is 24.5 Å². The van der Waals surface area contributed by atoms with E-state index in [4.69, 9.17) is 11.6 Å². The van der Waals surface area contributed by atoms with Crippen molar-refractivity contribution in [2.45, 2.75) is 13.5 Å². The monoisotopic (exact) mass is 219 g/mol. The number of hydrogen-bond donors (Lipinski definition) is 1. The predicted octanol–water partition coefficient (Wildman–Crippen LogP) is 0.118. The molecule has 1 aromatic heterocycles. The average Bonchev–Trinajstić information content (AvgIpc) is 2.02. The number of halogens is 1. The lowest BCUT2D eigenvalue weighted by atomic mass is 10.5. The van der Waals surface area contributed by atoms with E-state index in [-0.39, 0.29) is 6.54 Å². The van der Waals surface area contributed by atoms with Crippen LogP contribution in [0.1, 0.15) is 6.92 Å². The smallest absolute Gasteiger partial charge is 0.292 e. The summed E-state index contributed by atoms with van der Waals surface area (Å²) < 4.78 is 0.698. The molecule has 0 atom stereocenters. The van der Waals surface area contributed by atoms with Crippen LogP contribution < -0.4 is 11.2 Å². The van der Waals surface area contributed by atoms with Gasteiger partial charge < -0.3 is 0 Å². The molecular formula is C6H6ClN3O4. The lowest BCUT2D eigenvalue weighted by molar-refractivity contribution is -0.386. The van der Waals surface area contributed by atoms with E-state index in [2.05, 4.69) is 0 Å². The van der Waals surface area contributed by atoms with Crippen LogP contribution >= 0.6 is 11.6 Å². The lowest BCUT2D eigenvalue weighted by Gasteiger charge is -2.00. The molecule has 14 heavy (non-hydrogen) atoms. The zero-order valence-electron chi connectivity index (χ0n) is 7.11. The van der Waals surface area contributed by atoms with Gasteiger partial charge in [0.2, 0.25) is 0 Å². The molecule has 0 aromatic carbocycles. The summed E-state index contributed by atoms with van der Waals surface area (Å²) in [6.07, 6.45) is 0. The number of H-pyrrole nitrogens is 1. The predicted molar refractivity (Wildman–Crippen MR) is 48.7 cm³/mol. The van der Waals surface area contributed by atoms with E-state index in [9.17, 15) is 19.7 Å². The van der Waals surface area contributed by atoms with Gasteiger partial charge in [-0.25, -0.2) is 4.79 Å². The van der Waals surface area contributed by atoms with Crippen LogP contribution in [0.5, 0.6) is 0 Å². The van der Waals surface area contributed by atoms with Crippen molar-refractivity contribution < 1.29 is 4.92 Å². The van der Waals surface area contributed by atoms with Crippen LogP contribution in [0.4, 0.5) is 5.69 Å². The van der Waals surface area contributed by atoms with Crippen LogP contribution in [0.15, 0.2) is 9.59 Å². The number of nitrogens with one attached hydrogen (secondary N) is 1. The van der Waals surface area contributed by atoms with Crippen molar-refractivity contribution in [3.8, 4) is 0 Å². The van der Waals surface area contributed by atoms with E-state index < -0.39 is 27.0 Å². The first kappa shape index (κ1) is 10.5. The first-order chi connectivity index (χ1) is 6.49. The minimum atomic E-state index is -0.994. The molecule has 1 heterocycles. The van der Waals surface area contributed by atoms with Crippen molar-refractivity contribution in [1.29, 1.82) is 0 Å². The maximum atomic E-state index is 11.3. The van der Waals surface area contributed by atoms with Crippen LogP contribution in [-0.2, 0) is 6.54 Å². The zero-order chi connectivity index (χ0) is 10.9. The van der Waals surface area contributed by atoms with Gasteiger partial charge in [0.05, 0.1) is 4.92 Å². The molecule has 0 fully saturated rings. The molecule has 0 aliphatic carbocycles. The fraction of sp³-hybridized carbons (Fsp3) is 0.333. The molecule has 0 aliphatic rings. The Morgan fingerprint density at radius 2 is 2.14 bits per heavy atom. The van der Waals surface area contributed by atoms with Gasteiger partial charge in [0.25, 0.3) is 0 Å². The summed E-state index contributed by atoms with van der Waals surface area (Å²) in [5, 5.41) is 9.86. The molecular weight excluding hydrogens is 214 g/mol. The Morgan fingerprint density at radius 3 is 2.57 bits per heavy atom. The topological polar surface area (TPSA) is 98.0 Å². The average molecular weight is 220 g/mol. The van der Waals surface area contributed by atoms with E-state index in [0.717, 1.165) is 0 Å². The van der Waals surface area contributed by atoms with Gasteiger partial charge in [-0.15, -0.1) is 0 Å². The Labute approximate surface area is 82.1 Å². The first-order valence-electron chi connectivity index (χ1n) is 3.66. The van der Waals surface area contributed by atoms with Gasteiger partial charge in [0.1, 0.15) is 0 Å². The summed E-state index contributed by atoms with van der Waals surface area (Å²) in [6.45, 7) is 1.57. The summed E-state index contributed by atoms with van der Waals surface area (Å²) in [6, 6.07) is 0. The molecule has 0 aliphatic heterocycles. The molecule has 1 N–H and O–H groups in total. The fourth-order valence-corrected chi connectivity index (χ4v) is 1.21. The minimum Gasteiger partial charge on any atom is -0.292 e. The number of nitrogens with zero attached hydrogens (tertiary/aromatic N) is 2. The summed E-state index contributed by atoms with van der Waals surface area (Å²) in [7, 11) is 0. The van der Waals surface area contributed by atoms with Crippen molar-refractivity contribution in [2.75, 3.05) is 0 Å². The van der Waals surface area contributed by atoms with Gasteiger partial charge in [-0.2, -0.15) is 0 Å². The molecule has 0 amide bonds. The number of aromatic nitrogens is 2. The van der Waals surface area contributed by atoms with Crippen LogP contribution in [0, 0.1) is 10.1 Å². The summed E-state index contributed by atoms with van der Waals surface area (Å²) in [4.78, 5) is 33.9. The molecule has 76 valence electrons. The Hall–Kier alpha value is -1.63. The second-order valence-corrected chi connectivity index (χ2v) is 2.78. The third kappa shape index (κ3) is 1.53. The largest absolute Gasteiger partial charge is 0.369 e. The highest BCUT2D eigenvalue weighted by Gasteiger charge is 2.21. The van der Waals surface area contributed by atoms with Gasteiger partial charge in [-0.05, 0) is 6.92 Å². The van der Waals surface area contributed by atoms with Gasteiger partial charge in [-0.1, -0.05) is 11.6 Å². The summed E-state index contributed by atoms with van der Waals surface area (Å²) >= 11 is 5.35. The Morgan fingerprint density at radius 1 is 1.57 bits per heavy atom. The fourth-order valence-electron chi connectivity index (χ4n) is 0.980. The minimum absolute atomic E-state index is 0.0478. The highest BCUT2D eigenvalue weighted by molar-refractivity contribution is 6.31.